The number of hydrogen-bond donors (Lipinski definition) is 0. The fourth-order valence-corrected chi connectivity index (χ4v) is 3.93. The Morgan fingerprint density at radius 3 is 2.48 bits per heavy atom. The molecule has 1 amide bonds. The monoisotopic (exact) mass is 377 g/mol. The molecule has 7 nitrogen and oxygen atoms in total. The number of piperazine rings is 1. The van der Waals surface area contributed by atoms with Gasteiger partial charge in [-0.2, -0.15) is 4.98 Å². The molecule has 27 heavy (non-hydrogen) atoms. The number of aromatic nitrogens is 2. The predicted octanol–water partition coefficient (Wildman–Crippen LogP) is 2.45. The summed E-state index contributed by atoms with van der Waals surface area (Å²) in [4.78, 5) is 24.0. The maximum Gasteiger partial charge on any atom is 0.243 e. The first-order valence-corrected chi connectivity index (χ1v) is 10.4. The zero-order chi connectivity index (χ0) is 19.6. The van der Waals surface area contributed by atoms with Crippen molar-refractivity contribution in [1.82, 2.24) is 24.8 Å². The van der Waals surface area contributed by atoms with Crippen molar-refractivity contribution in [3.63, 3.8) is 0 Å². The average molecular weight is 378 g/mol. The maximum atomic E-state index is 12.6. The van der Waals surface area contributed by atoms with E-state index in [9.17, 15) is 4.79 Å². The predicted molar refractivity (Wildman–Crippen MR) is 104 cm³/mol. The van der Waals surface area contributed by atoms with E-state index in [1.807, 2.05) is 0 Å². The lowest BCUT2D eigenvalue weighted by Gasteiger charge is -2.39. The number of rotatable bonds is 4. The van der Waals surface area contributed by atoms with Gasteiger partial charge in [0.1, 0.15) is 0 Å². The van der Waals surface area contributed by atoms with Crippen LogP contribution in [-0.2, 0) is 10.2 Å². The fraction of sp³-hybridized carbons (Fsp3) is 0.850. The van der Waals surface area contributed by atoms with Crippen molar-refractivity contribution in [3.05, 3.63) is 11.7 Å². The molecule has 0 radical (unpaired) electrons. The second kappa shape index (κ2) is 8.27. The summed E-state index contributed by atoms with van der Waals surface area (Å²) in [7, 11) is 0. The van der Waals surface area contributed by atoms with Gasteiger partial charge in [-0.15, -0.1) is 0 Å². The fourth-order valence-electron chi connectivity index (χ4n) is 3.93. The average Bonchev–Trinajstić information content (AvgIpc) is 3.12. The van der Waals surface area contributed by atoms with E-state index in [0.29, 0.717) is 18.5 Å². The number of likely N-dealkylation sites (tertiary alicyclic amines) is 1. The maximum absolute atomic E-state index is 12.6. The van der Waals surface area contributed by atoms with Crippen LogP contribution in [0.5, 0.6) is 0 Å². The minimum atomic E-state index is -0.105. The minimum absolute atomic E-state index is 0.105. The highest BCUT2D eigenvalue weighted by molar-refractivity contribution is 5.78. The summed E-state index contributed by atoms with van der Waals surface area (Å²) in [5, 5.41) is 4.14. The normalized spacial score (nSPS) is 24.2. The summed E-state index contributed by atoms with van der Waals surface area (Å²) in [5.41, 5.74) is -0.105. The van der Waals surface area contributed by atoms with Gasteiger partial charge in [-0.1, -0.05) is 25.9 Å². The lowest BCUT2D eigenvalue weighted by Crippen LogP contribution is -2.52. The highest BCUT2D eigenvalue weighted by atomic mass is 16.5. The molecular formula is C20H35N5O2. The van der Waals surface area contributed by atoms with E-state index in [4.69, 9.17) is 4.52 Å². The van der Waals surface area contributed by atoms with E-state index < -0.39 is 0 Å². The Morgan fingerprint density at radius 1 is 1.19 bits per heavy atom. The van der Waals surface area contributed by atoms with Crippen LogP contribution in [0.3, 0.4) is 0 Å². The number of amides is 1. The van der Waals surface area contributed by atoms with E-state index in [2.05, 4.69) is 59.5 Å². The molecule has 7 heteroatoms. The largest absolute Gasteiger partial charge is 0.339 e. The van der Waals surface area contributed by atoms with Crippen molar-refractivity contribution in [2.45, 2.75) is 71.4 Å². The van der Waals surface area contributed by atoms with Crippen LogP contribution in [-0.4, -0.2) is 76.1 Å². The summed E-state index contributed by atoms with van der Waals surface area (Å²) in [6.45, 7) is 15.7. The van der Waals surface area contributed by atoms with Crippen LogP contribution in [0.15, 0.2) is 4.52 Å². The molecule has 2 aliphatic rings. The Bertz CT molecular complexity index is 631. The third kappa shape index (κ3) is 4.88. The number of carbonyl (C=O) groups excluding carboxylic acids is 1. The van der Waals surface area contributed by atoms with Gasteiger partial charge in [0.05, 0.1) is 12.6 Å². The Hall–Kier alpha value is -1.47. The van der Waals surface area contributed by atoms with Crippen LogP contribution in [0.25, 0.3) is 0 Å². The molecule has 0 aromatic carbocycles. The number of hydrogen-bond acceptors (Lipinski definition) is 6. The summed E-state index contributed by atoms with van der Waals surface area (Å²) in [6.07, 6.45) is 3.52. The standard InChI is InChI=1S/C20H35N5O2/c1-15-8-6-7-9-25(15)17(26)14-23-10-12-24(13-11-23)16(2)18-21-19(22-27-18)20(3,4)5/h15-16H,6-14H2,1-5H3/t15-,16-/m1/s1. The summed E-state index contributed by atoms with van der Waals surface area (Å²) in [6, 6.07) is 0.496. The number of piperidine rings is 1. The SMILES string of the molecule is C[C@H](c1nc(C(C)(C)C)no1)N1CCN(CC(=O)N2CCCC[C@H]2C)CC1. The van der Waals surface area contributed by atoms with Gasteiger partial charge in [0.15, 0.2) is 5.82 Å². The van der Waals surface area contributed by atoms with Gasteiger partial charge in [-0.3, -0.25) is 14.6 Å². The van der Waals surface area contributed by atoms with Crippen LogP contribution >= 0.6 is 0 Å². The van der Waals surface area contributed by atoms with Gasteiger partial charge in [-0.05, 0) is 33.1 Å². The highest BCUT2D eigenvalue weighted by Crippen LogP contribution is 2.24. The van der Waals surface area contributed by atoms with E-state index in [1.54, 1.807) is 0 Å². The molecule has 152 valence electrons. The van der Waals surface area contributed by atoms with Gasteiger partial charge in [0.25, 0.3) is 0 Å². The molecule has 0 bridgehead atoms. The summed E-state index contributed by atoms with van der Waals surface area (Å²) >= 11 is 0. The molecule has 2 aliphatic heterocycles. The first kappa shape index (κ1) is 20.3. The minimum Gasteiger partial charge on any atom is -0.339 e. The molecule has 3 rings (SSSR count). The van der Waals surface area contributed by atoms with E-state index in [0.717, 1.165) is 51.4 Å². The first-order valence-electron chi connectivity index (χ1n) is 10.4. The van der Waals surface area contributed by atoms with Crippen molar-refractivity contribution in [2.75, 3.05) is 39.3 Å². The van der Waals surface area contributed by atoms with Crippen molar-refractivity contribution in [2.24, 2.45) is 0 Å². The van der Waals surface area contributed by atoms with E-state index in [-0.39, 0.29) is 17.4 Å². The molecule has 2 fully saturated rings. The molecule has 0 unspecified atom stereocenters. The molecule has 2 atom stereocenters. The third-order valence-corrected chi connectivity index (χ3v) is 5.91. The molecule has 0 N–H and O–H groups in total. The van der Waals surface area contributed by atoms with Crippen LogP contribution in [0.1, 0.15) is 71.6 Å². The smallest absolute Gasteiger partial charge is 0.243 e. The van der Waals surface area contributed by atoms with Crippen LogP contribution < -0.4 is 0 Å². The molecule has 3 heterocycles. The number of carbonyl (C=O) groups is 1. The molecule has 0 saturated carbocycles. The molecule has 1 aromatic heterocycles. The molecule has 2 saturated heterocycles. The van der Waals surface area contributed by atoms with E-state index in [1.165, 1.54) is 6.42 Å². The Morgan fingerprint density at radius 2 is 1.89 bits per heavy atom. The van der Waals surface area contributed by atoms with Gasteiger partial charge in [0.2, 0.25) is 11.8 Å². The molecule has 0 spiro atoms. The van der Waals surface area contributed by atoms with Crippen LogP contribution in [0.2, 0.25) is 0 Å². The Kier molecular flexibility index (Phi) is 6.21. The number of nitrogens with zero attached hydrogens (tertiary/aromatic N) is 5. The van der Waals surface area contributed by atoms with E-state index >= 15 is 0 Å². The zero-order valence-corrected chi connectivity index (χ0v) is 17.6. The van der Waals surface area contributed by atoms with Crippen molar-refractivity contribution in [3.8, 4) is 0 Å². The van der Waals surface area contributed by atoms with Crippen molar-refractivity contribution < 1.29 is 9.32 Å². The Labute approximate surface area is 163 Å². The summed E-state index contributed by atoms with van der Waals surface area (Å²) < 4.78 is 5.51. The second-order valence-corrected chi connectivity index (χ2v) is 9.13. The van der Waals surface area contributed by atoms with Crippen molar-refractivity contribution in [1.29, 1.82) is 0 Å². The van der Waals surface area contributed by atoms with Crippen LogP contribution in [0.4, 0.5) is 0 Å². The van der Waals surface area contributed by atoms with Gasteiger partial charge in [-0.25, -0.2) is 0 Å². The lowest BCUT2D eigenvalue weighted by atomic mass is 9.96. The van der Waals surface area contributed by atoms with Gasteiger partial charge in [0, 0.05) is 44.2 Å². The lowest BCUT2D eigenvalue weighted by molar-refractivity contribution is -0.136. The van der Waals surface area contributed by atoms with Gasteiger partial charge < -0.3 is 9.42 Å². The molecule has 1 aromatic rings. The third-order valence-electron chi connectivity index (χ3n) is 5.91. The quantitative estimate of drug-likeness (QED) is 0.803. The zero-order valence-electron chi connectivity index (χ0n) is 17.6. The highest BCUT2D eigenvalue weighted by Gasteiger charge is 2.30. The topological polar surface area (TPSA) is 65.7 Å². The van der Waals surface area contributed by atoms with Gasteiger partial charge >= 0.3 is 0 Å². The Balaban J connectivity index is 1.49. The first-order chi connectivity index (χ1) is 12.8. The molecular weight excluding hydrogens is 342 g/mol. The summed E-state index contributed by atoms with van der Waals surface area (Å²) in [5.74, 6) is 1.73. The van der Waals surface area contributed by atoms with Crippen molar-refractivity contribution >= 4 is 5.91 Å². The second-order valence-electron chi connectivity index (χ2n) is 9.13. The molecule has 0 aliphatic carbocycles. The van der Waals surface area contributed by atoms with Crippen LogP contribution in [0, 0.1) is 0 Å².